The molecule has 1 aliphatic heterocycles. The second-order valence-corrected chi connectivity index (χ2v) is 13.3. The van der Waals surface area contributed by atoms with Gasteiger partial charge in [-0.1, -0.05) is 60.7 Å². The number of benzene rings is 4. The van der Waals surface area contributed by atoms with Crippen molar-refractivity contribution in [1.29, 1.82) is 0 Å². The fourth-order valence-corrected chi connectivity index (χ4v) is 6.76. The van der Waals surface area contributed by atoms with Crippen LogP contribution in [-0.2, 0) is 32.6 Å². The van der Waals surface area contributed by atoms with Crippen LogP contribution < -0.4 is 23.8 Å². The van der Waals surface area contributed by atoms with Crippen LogP contribution in [0.4, 0.5) is 5.69 Å². The number of methoxy groups -OCH3 is 1. The van der Waals surface area contributed by atoms with E-state index in [4.69, 9.17) is 14.2 Å². The summed E-state index contributed by atoms with van der Waals surface area (Å²) in [4.78, 5) is 30.0. The Morgan fingerprint density at radius 3 is 2.17 bits per heavy atom. The highest BCUT2D eigenvalue weighted by atomic mass is 32.2. The van der Waals surface area contributed by atoms with Crippen LogP contribution in [0.15, 0.2) is 108 Å². The molecule has 1 atom stereocenters. The van der Waals surface area contributed by atoms with Crippen molar-refractivity contribution in [1.82, 2.24) is 10.2 Å². The minimum Gasteiger partial charge on any atom is -0.497 e. The van der Waals surface area contributed by atoms with E-state index in [-0.39, 0.29) is 35.5 Å². The Kier molecular flexibility index (Phi) is 10.7. The van der Waals surface area contributed by atoms with E-state index in [2.05, 4.69) is 5.32 Å². The van der Waals surface area contributed by atoms with Crippen molar-refractivity contribution in [3.63, 3.8) is 0 Å². The van der Waals surface area contributed by atoms with Crippen molar-refractivity contribution in [3.8, 4) is 17.2 Å². The van der Waals surface area contributed by atoms with Gasteiger partial charge in [-0.05, 0) is 61.4 Å². The number of nitrogens with one attached hydrogen (secondary N) is 1. The lowest BCUT2D eigenvalue weighted by molar-refractivity contribution is -0.140. The number of nitrogens with zero attached hydrogens (tertiary/aromatic N) is 2. The first-order valence-electron chi connectivity index (χ1n) is 15.4. The molecule has 0 aliphatic carbocycles. The third-order valence-electron chi connectivity index (χ3n) is 7.61. The Balaban J connectivity index is 1.59. The molecule has 0 bridgehead atoms. The zero-order valence-electron chi connectivity index (χ0n) is 26.7. The lowest BCUT2D eigenvalue weighted by Crippen LogP contribution is -2.54. The maximum absolute atomic E-state index is 14.6. The zero-order chi connectivity index (χ0) is 33.4. The van der Waals surface area contributed by atoms with Gasteiger partial charge in [0.15, 0.2) is 11.5 Å². The highest BCUT2D eigenvalue weighted by molar-refractivity contribution is 7.92. The van der Waals surface area contributed by atoms with Crippen LogP contribution in [0.25, 0.3) is 0 Å². The summed E-state index contributed by atoms with van der Waals surface area (Å²) < 4.78 is 46.3. The lowest BCUT2D eigenvalue weighted by atomic mass is 10.0. The fraction of sp³-hybridized carbons (Fsp3) is 0.278. The molecule has 10 nitrogen and oxygen atoms in total. The van der Waals surface area contributed by atoms with Gasteiger partial charge in [0.2, 0.25) is 11.8 Å². The molecular weight excluding hydrogens is 618 g/mol. The summed E-state index contributed by atoms with van der Waals surface area (Å²) in [5.74, 6) is 0.530. The quantitative estimate of drug-likeness (QED) is 0.219. The number of carbonyl (C=O) groups is 2. The monoisotopic (exact) mass is 657 g/mol. The summed E-state index contributed by atoms with van der Waals surface area (Å²) in [6.45, 7) is 3.82. The van der Waals surface area contributed by atoms with Crippen LogP contribution in [0.3, 0.4) is 0 Å². The molecule has 4 aromatic carbocycles. The predicted octanol–water partition coefficient (Wildman–Crippen LogP) is 4.83. The summed E-state index contributed by atoms with van der Waals surface area (Å²) in [5.41, 5.74) is 1.78. The highest BCUT2D eigenvalue weighted by Gasteiger charge is 2.35. The van der Waals surface area contributed by atoms with Crippen molar-refractivity contribution >= 4 is 27.5 Å². The van der Waals surface area contributed by atoms with Gasteiger partial charge in [0.1, 0.15) is 31.5 Å². The first-order valence-corrected chi connectivity index (χ1v) is 16.8. The molecule has 2 amide bonds. The van der Waals surface area contributed by atoms with Gasteiger partial charge in [0, 0.05) is 25.1 Å². The van der Waals surface area contributed by atoms with E-state index < -0.39 is 28.5 Å². The second kappa shape index (κ2) is 15.0. The van der Waals surface area contributed by atoms with Gasteiger partial charge in [-0.2, -0.15) is 0 Å². The van der Waals surface area contributed by atoms with E-state index >= 15 is 0 Å². The topological polar surface area (TPSA) is 114 Å². The van der Waals surface area contributed by atoms with Gasteiger partial charge in [-0.3, -0.25) is 13.9 Å². The van der Waals surface area contributed by atoms with Crippen molar-refractivity contribution in [3.05, 3.63) is 114 Å². The third kappa shape index (κ3) is 8.23. The summed E-state index contributed by atoms with van der Waals surface area (Å²) in [6.07, 6.45) is 0.213. The largest absolute Gasteiger partial charge is 0.497 e. The van der Waals surface area contributed by atoms with Crippen LogP contribution in [-0.4, -0.2) is 64.1 Å². The number of amides is 2. The summed E-state index contributed by atoms with van der Waals surface area (Å²) in [7, 11) is -2.70. The van der Waals surface area contributed by atoms with E-state index in [0.717, 1.165) is 9.87 Å². The van der Waals surface area contributed by atoms with Crippen molar-refractivity contribution in [2.24, 2.45) is 0 Å². The first-order chi connectivity index (χ1) is 22.7. The molecule has 4 aromatic rings. The summed E-state index contributed by atoms with van der Waals surface area (Å²) in [6, 6.07) is 28.2. The molecule has 11 heteroatoms. The number of sulfonamides is 1. The number of rotatable bonds is 13. The molecule has 0 unspecified atom stereocenters. The maximum Gasteiger partial charge on any atom is 0.264 e. The maximum atomic E-state index is 14.6. The lowest BCUT2D eigenvalue weighted by Gasteiger charge is -2.34. The third-order valence-corrected chi connectivity index (χ3v) is 9.40. The number of carbonyl (C=O) groups excluding carboxylic acids is 2. The molecule has 246 valence electrons. The normalized spacial score (nSPS) is 13.0. The zero-order valence-corrected chi connectivity index (χ0v) is 27.5. The summed E-state index contributed by atoms with van der Waals surface area (Å²) in [5, 5.41) is 2.96. The molecule has 1 heterocycles. The van der Waals surface area contributed by atoms with E-state index in [9.17, 15) is 18.0 Å². The minimum atomic E-state index is -4.25. The Labute approximate surface area is 275 Å². The predicted molar refractivity (Wildman–Crippen MR) is 179 cm³/mol. The van der Waals surface area contributed by atoms with Crippen molar-refractivity contribution < 1.29 is 32.2 Å². The van der Waals surface area contributed by atoms with Crippen molar-refractivity contribution in [2.45, 2.75) is 43.8 Å². The van der Waals surface area contributed by atoms with Gasteiger partial charge < -0.3 is 24.4 Å². The van der Waals surface area contributed by atoms with Crippen LogP contribution in [0.1, 0.15) is 25.0 Å². The molecule has 0 spiro atoms. The van der Waals surface area contributed by atoms with Crippen LogP contribution >= 0.6 is 0 Å². The average Bonchev–Trinajstić information content (AvgIpc) is 3.09. The van der Waals surface area contributed by atoms with Crippen LogP contribution in [0.5, 0.6) is 17.2 Å². The van der Waals surface area contributed by atoms with Gasteiger partial charge >= 0.3 is 0 Å². The first kappa shape index (κ1) is 33.3. The molecular formula is C36H39N3O7S. The highest BCUT2D eigenvalue weighted by Crippen LogP contribution is 2.36. The van der Waals surface area contributed by atoms with Gasteiger partial charge in [-0.25, -0.2) is 8.42 Å². The number of ether oxygens (including phenoxy) is 3. The van der Waals surface area contributed by atoms with E-state index in [1.54, 1.807) is 61.7 Å². The van der Waals surface area contributed by atoms with Crippen LogP contribution in [0.2, 0.25) is 0 Å². The molecule has 1 aliphatic rings. The molecule has 5 rings (SSSR count). The molecule has 1 N–H and O–H groups in total. The van der Waals surface area contributed by atoms with E-state index in [1.807, 2.05) is 50.2 Å². The summed E-state index contributed by atoms with van der Waals surface area (Å²) >= 11 is 0. The minimum absolute atomic E-state index is 0.0143. The molecule has 0 saturated carbocycles. The van der Waals surface area contributed by atoms with Gasteiger partial charge in [0.25, 0.3) is 10.0 Å². The van der Waals surface area contributed by atoms with E-state index in [0.29, 0.717) is 36.0 Å². The van der Waals surface area contributed by atoms with Crippen LogP contribution in [0, 0.1) is 0 Å². The van der Waals surface area contributed by atoms with Crippen molar-refractivity contribution in [2.75, 3.05) is 31.2 Å². The Morgan fingerprint density at radius 2 is 1.49 bits per heavy atom. The smallest absolute Gasteiger partial charge is 0.264 e. The van der Waals surface area contributed by atoms with Gasteiger partial charge in [0.05, 0.1) is 17.7 Å². The molecule has 0 fully saturated rings. The number of hydrogen-bond donors (Lipinski definition) is 1. The fourth-order valence-electron chi connectivity index (χ4n) is 5.34. The number of hydrogen-bond acceptors (Lipinski definition) is 7. The number of anilines is 1. The molecule has 47 heavy (non-hydrogen) atoms. The standard InChI is InChI=1S/C36H39N3O7S/c1-26(2)37-36(41)32(22-27-11-6-4-7-12-27)38(24-28-13-10-14-30(21-28)44-3)35(40)25-39(47(42,43)31-15-8-5-9-16-31)29-17-18-33-34(23-29)46-20-19-45-33/h4-18,21,23,26,32H,19-20,22,24-25H2,1-3H3,(H,37,41)/t32-/m0/s1. The second-order valence-electron chi connectivity index (χ2n) is 11.4. The molecule has 0 radical (unpaired) electrons. The molecule has 0 saturated heterocycles. The SMILES string of the molecule is COc1cccc(CN(C(=O)CN(c2ccc3c(c2)OCCO3)S(=O)(=O)c2ccccc2)[C@@H](Cc2ccccc2)C(=O)NC(C)C)c1. The van der Waals surface area contributed by atoms with E-state index in [1.165, 1.54) is 17.0 Å². The number of fused-ring (bicyclic) bond motifs is 1. The average molecular weight is 658 g/mol. The molecule has 0 aromatic heterocycles. The Hall–Kier alpha value is -5.03. The van der Waals surface area contributed by atoms with Gasteiger partial charge in [-0.15, -0.1) is 0 Å². The Morgan fingerprint density at radius 1 is 0.830 bits per heavy atom. The Bertz CT molecular complexity index is 1780.